The molecule has 0 aromatic rings. The van der Waals surface area contributed by atoms with E-state index in [1.807, 2.05) is 6.82 Å². The Labute approximate surface area is 86.7 Å². The predicted octanol–water partition coefficient (Wildman–Crippen LogP) is 1.90. The number of hydrogen-bond acceptors (Lipinski definition) is 2. The molecule has 0 aromatic heterocycles. The summed E-state index contributed by atoms with van der Waals surface area (Å²) in [5.41, 5.74) is 0. The molecule has 1 aliphatic heterocycles. The second-order valence-corrected chi connectivity index (χ2v) is 21.1. The van der Waals surface area contributed by atoms with Crippen LogP contribution in [0, 0.1) is 0 Å². The van der Waals surface area contributed by atoms with E-state index < -0.39 is 18.4 Å². The van der Waals surface area contributed by atoms with E-state index in [1.165, 1.54) is 12.8 Å². The number of piperidine rings is 1. The van der Waals surface area contributed by atoms with Gasteiger partial charge in [-0.2, -0.15) is 0 Å². The molecule has 0 atom stereocenters. The number of hydrogen-bond donors (Lipinski definition) is 1. The predicted molar refractivity (Wildman–Crippen MR) is 61.7 cm³/mol. The van der Waals surface area contributed by atoms with Crippen LogP contribution in [0.3, 0.4) is 0 Å². The van der Waals surface area contributed by atoms with Crippen LogP contribution in [-0.2, 0) is 0 Å². The van der Waals surface area contributed by atoms with E-state index in [0.717, 1.165) is 17.0 Å². The minimum absolute atomic E-state index is 0.240. The van der Waals surface area contributed by atoms with Gasteiger partial charge in [-0.3, -0.25) is 0 Å². The molecule has 1 aliphatic rings. The zero-order chi connectivity index (χ0) is 10.1. The Morgan fingerprint density at radius 3 is 2.00 bits per heavy atom. The van der Waals surface area contributed by atoms with Crippen LogP contribution in [-0.4, -0.2) is 48.4 Å². The van der Waals surface area contributed by atoms with Crippen molar-refractivity contribution in [1.29, 1.82) is 0 Å². The van der Waals surface area contributed by atoms with E-state index in [4.69, 9.17) is 0 Å². The first-order chi connectivity index (χ1) is 5.91. The third-order valence-corrected chi connectivity index (χ3v) is 11.9. The molecular weight excluding hydrogens is 268 g/mol. The summed E-state index contributed by atoms with van der Waals surface area (Å²) >= 11 is -1.63. The molecule has 1 fully saturated rings. The summed E-state index contributed by atoms with van der Waals surface area (Å²) < 4.78 is 1.03. The zero-order valence-corrected chi connectivity index (χ0v) is 12.2. The summed E-state index contributed by atoms with van der Waals surface area (Å²) in [5, 5.41) is 9.41. The van der Waals surface area contributed by atoms with E-state index in [0.29, 0.717) is 0 Å². The van der Waals surface area contributed by atoms with Crippen molar-refractivity contribution in [1.82, 2.24) is 4.81 Å². The van der Waals surface area contributed by atoms with Crippen LogP contribution in [0.1, 0.15) is 12.8 Å². The zero-order valence-electron chi connectivity index (χ0n) is 9.38. The molecule has 1 N–H and O–H groups in total. The molecule has 0 bridgehead atoms. The van der Waals surface area contributed by atoms with E-state index in [2.05, 4.69) is 19.6 Å². The van der Waals surface area contributed by atoms with Crippen LogP contribution >= 0.6 is 0 Å². The Bertz CT molecular complexity index is 161. The maximum absolute atomic E-state index is 9.41. The fourth-order valence-corrected chi connectivity index (χ4v) is 7.82. The summed E-state index contributed by atoms with van der Waals surface area (Å²) in [6.45, 7) is 4.09. The van der Waals surface area contributed by atoms with Crippen molar-refractivity contribution in [3.8, 4) is 0 Å². The molecule has 0 spiro atoms. The molecule has 0 aliphatic carbocycles. The van der Waals surface area contributed by atoms with Crippen LogP contribution in [0.15, 0.2) is 0 Å². The van der Waals surface area contributed by atoms with Crippen molar-refractivity contribution in [2.75, 3.05) is 13.1 Å². The summed E-state index contributed by atoms with van der Waals surface area (Å²) in [5.74, 6) is 0. The summed E-state index contributed by atoms with van der Waals surface area (Å²) in [6, 6.07) is 0. The average molecular weight is 290 g/mol. The molecule has 1 saturated heterocycles. The van der Waals surface area contributed by atoms with E-state index >= 15 is 0 Å². The summed E-state index contributed by atoms with van der Waals surface area (Å²) in [6.07, 6.45) is 2.65. The SMILES string of the molecule is CB(O)N1CC[CH]([Sn]([CH3])([CH3])[CH3])CC1. The topological polar surface area (TPSA) is 23.5 Å². The van der Waals surface area contributed by atoms with Crippen molar-refractivity contribution >= 4 is 25.4 Å². The molecule has 76 valence electrons. The van der Waals surface area contributed by atoms with Crippen LogP contribution < -0.4 is 0 Å². The van der Waals surface area contributed by atoms with Gasteiger partial charge in [0.05, 0.1) is 0 Å². The fourth-order valence-electron chi connectivity index (χ4n) is 2.14. The molecule has 0 unspecified atom stereocenters. The second kappa shape index (κ2) is 4.54. The van der Waals surface area contributed by atoms with E-state index in [9.17, 15) is 5.02 Å². The van der Waals surface area contributed by atoms with Gasteiger partial charge in [-0.15, -0.1) is 0 Å². The van der Waals surface area contributed by atoms with Gasteiger partial charge in [0.25, 0.3) is 0 Å². The number of nitrogens with zero attached hydrogens (tertiary/aromatic N) is 1. The van der Waals surface area contributed by atoms with Gasteiger partial charge in [-0.05, 0) is 0 Å². The molecule has 4 heteroatoms. The first kappa shape index (κ1) is 11.9. The quantitative estimate of drug-likeness (QED) is 0.785. The average Bonchev–Trinajstić information content (AvgIpc) is 2.03. The van der Waals surface area contributed by atoms with Crippen molar-refractivity contribution in [2.24, 2.45) is 0 Å². The van der Waals surface area contributed by atoms with Crippen LogP contribution in [0.4, 0.5) is 0 Å². The number of rotatable bonds is 2. The van der Waals surface area contributed by atoms with Crippen LogP contribution in [0.5, 0.6) is 0 Å². The van der Waals surface area contributed by atoms with Crippen LogP contribution in [0.2, 0.25) is 25.6 Å². The molecule has 2 nitrogen and oxygen atoms in total. The molecule has 0 aromatic carbocycles. The Kier molecular flexibility index (Phi) is 4.14. The van der Waals surface area contributed by atoms with Gasteiger partial charge in [0, 0.05) is 0 Å². The van der Waals surface area contributed by atoms with Crippen molar-refractivity contribution in [3.63, 3.8) is 0 Å². The van der Waals surface area contributed by atoms with Gasteiger partial charge >= 0.3 is 86.8 Å². The first-order valence-electron chi connectivity index (χ1n) is 5.33. The van der Waals surface area contributed by atoms with Gasteiger partial charge in [-0.25, -0.2) is 0 Å². The van der Waals surface area contributed by atoms with Crippen molar-refractivity contribution in [2.45, 2.75) is 38.4 Å². The van der Waals surface area contributed by atoms with Gasteiger partial charge < -0.3 is 0 Å². The van der Waals surface area contributed by atoms with Gasteiger partial charge in [-0.1, -0.05) is 0 Å². The first-order valence-corrected chi connectivity index (χ1v) is 15.5. The Balaban J connectivity index is 2.39. The van der Waals surface area contributed by atoms with E-state index in [1.54, 1.807) is 0 Å². The third-order valence-electron chi connectivity index (χ3n) is 3.28. The Morgan fingerprint density at radius 2 is 1.69 bits per heavy atom. The molecule has 0 radical (unpaired) electrons. The maximum atomic E-state index is 9.41. The van der Waals surface area contributed by atoms with Gasteiger partial charge in [0.2, 0.25) is 0 Å². The molecule has 1 heterocycles. The molecule has 1 rings (SSSR count). The molecular formula is C9H22BNOSn. The van der Waals surface area contributed by atoms with Crippen molar-refractivity contribution in [3.05, 3.63) is 0 Å². The Morgan fingerprint density at radius 1 is 1.23 bits per heavy atom. The van der Waals surface area contributed by atoms with Gasteiger partial charge in [0.15, 0.2) is 0 Å². The van der Waals surface area contributed by atoms with Gasteiger partial charge in [0.1, 0.15) is 0 Å². The minimum atomic E-state index is -1.63. The second-order valence-electron chi connectivity index (χ2n) is 5.31. The third kappa shape index (κ3) is 3.44. The normalized spacial score (nSPS) is 21.9. The molecule has 0 amide bonds. The fraction of sp³-hybridized carbons (Fsp3) is 1.00. The molecule has 13 heavy (non-hydrogen) atoms. The van der Waals surface area contributed by atoms with Crippen molar-refractivity contribution < 1.29 is 5.02 Å². The molecule has 0 saturated carbocycles. The van der Waals surface area contributed by atoms with Crippen LogP contribution in [0.25, 0.3) is 0 Å². The Hall–Kier alpha value is 0.784. The summed E-state index contributed by atoms with van der Waals surface area (Å²) in [4.78, 5) is 9.76. The standard InChI is InChI=1S/C6H13BNO.3CH3.Sn/c1-7(9)8-5-3-2-4-6-8;;;;/h2,9H,3-6H2,1H3;3*1H3;. The monoisotopic (exact) mass is 291 g/mol. The van der Waals surface area contributed by atoms with E-state index in [-0.39, 0.29) is 7.05 Å². The summed E-state index contributed by atoms with van der Waals surface area (Å²) in [7, 11) is -0.240.